The van der Waals surface area contributed by atoms with E-state index in [0.717, 1.165) is 42.5 Å². The maximum atomic E-state index is 10.3. The Morgan fingerprint density at radius 2 is 2.07 bits per heavy atom. The number of benzene rings is 1. The number of rotatable bonds is 10. The molecule has 1 aromatic heterocycles. The van der Waals surface area contributed by atoms with Crippen LogP contribution in [0.2, 0.25) is 0 Å². The van der Waals surface area contributed by atoms with Crippen molar-refractivity contribution < 1.29 is 19.1 Å². The highest BCUT2D eigenvalue weighted by Crippen LogP contribution is 2.29. The number of β-amino-alcohol motifs (C(OH)–C–C–N with tert-alkyl or cyclic N) is 1. The third-order valence-corrected chi connectivity index (χ3v) is 5.54. The van der Waals surface area contributed by atoms with Crippen LogP contribution in [-0.4, -0.2) is 78.1 Å². The lowest BCUT2D eigenvalue weighted by molar-refractivity contribution is 0.0704. The largest absolute Gasteiger partial charge is 0.493 e. The number of aliphatic hydroxyl groups excluding tert-OH is 1. The summed E-state index contributed by atoms with van der Waals surface area (Å²) in [5.41, 5.74) is 1.11. The van der Waals surface area contributed by atoms with Gasteiger partial charge in [-0.25, -0.2) is 0 Å². The smallest absolute Gasteiger partial charge is 0.161 e. The van der Waals surface area contributed by atoms with Gasteiger partial charge in [0.25, 0.3) is 0 Å². The van der Waals surface area contributed by atoms with Crippen molar-refractivity contribution in [2.24, 2.45) is 0 Å². The second kappa shape index (κ2) is 10.7. The summed E-state index contributed by atoms with van der Waals surface area (Å²) in [5, 5.41) is 14.0. The molecular weight excluding hydrogens is 378 g/mol. The number of thioether (sulfide) groups is 1. The van der Waals surface area contributed by atoms with Gasteiger partial charge in [-0.1, -0.05) is 11.2 Å². The normalized spacial score (nSPS) is 16.3. The first-order valence-electron chi connectivity index (χ1n) is 9.50. The van der Waals surface area contributed by atoms with Crippen molar-refractivity contribution in [1.29, 1.82) is 0 Å². The number of nitrogens with zero attached hydrogens (tertiary/aromatic N) is 3. The molecule has 2 heterocycles. The minimum absolute atomic E-state index is 0.255. The third-order valence-electron chi connectivity index (χ3n) is 4.60. The average molecular weight is 408 g/mol. The van der Waals surface area contributed by atoms with Crippen LogP contribution in [0.25, 0.3) is 0 Å². The SMILES string of the molecule is COc1cc(CN(C)Cc2ccno2)ccc1OC[C@@H](O)CN1CCSCC1. The predicted octanol–water partition coefficient (Wildman–Crippen LogP) is 2.10. The molecule has 154 valence electrons. The molecule has 8 heteroatoms. The zero-order valence-electron chi connectivity index (χ0n) is 16.5. The second-order valence-corrected chi connectivity index (χ2v) is 8.24. The van der Waals surface area contributed by atoms with Crippen LogP contribution in [0.5, 0.6) is 11.5 Å². The lowest BCUT2D eigenvalue weighted by atomic mass is 10.2. The Hall–Kier alpha value is -1.74. The summed E-state index contributed by atoms with van der Waals surface area (Å²) in [6, 6.07) is 7.76. The van der Waals surface area contributed by atoms with Crippen molar-refractivity contribution in [3.8, 4) is 11.5 Å². The van der Waals surface area contributed by atoms with Gasteiger partial charge in [-0.2, -0.15) is 11.8 Å². The van der Waals surface area contributed by atoms with E-state index in [1.807, 2.05) is 43.1 Å². The minimum atomic E-state index is -0.513. The lowest BCUT2D eigenvalue weighted by Crippen LogP contribution is -2.40. The molecule has 0 saturated carbocycles. The molecule has 1 aromatic carbocycles. The lowest BCUT2D eigenvalue weighted by Gasteiger charge is -2.28. The van der Waals surface area contributed by atoms with Gasteiger partial charge in [-0.05, 0) is 24.7 Å². The number of hydrogen-bond donors (Lipinski definition) is 1. The Bertz CT molecular complexity index is 707. The molecule has 0 spiro atoms. The Morgan fingerprint density at radius 1 is 1.25 bits per heavy atom. The molecule has 7 nitrogen and oxygen atoms in total. The van der Waals surface area contributed by atoms with Crippen LogP contribution in [0.15, 0.2) is 35.0 Å². The highest BCUT2D eigenvalue weighted by molar-refractivity contribution is 7.99. The average Bonchev–Trinajstić information content (AvgIpc) is 3.20. The summed E-state index contributed by atoms with van der Waals surface area (Å²) in [7, 11) is 3.65. The van der Waals surface area contributed by atoms with Gasteiger partial charge in [0.1, 0.15) is 12.7 Å². The summed E-state index contributed by atoms with van der Waals surface area (Å²) in [5.74, 6) is 4.42. The van der Waals surface area contributed by atoms with Gasteiger partial charge in [0.05, 0.1) is 19.9 Å². The Labute approximate surface area is 170 Å². The standard InChI is InChI=1S/C20H29N3O4S/c1-22(14-18-5-6-21-27-18)12-16-3-4-19(20(11-16)25-2)26-15-17(24)13-23-7-9-28-10-8-23/h3-6,11,17,24H,7-10,12-15H2,1-2H3/t17-/m0/s1. The maximum Gasteiger partial charge on any atom is 0.161 e. The van der Waals surface area contributed by atoms with E-state index in [1.165, 1.54) is 0 Å². The van der Waals surface area contributed by atoms with Crippen molar-refractivity contribution in [3.63, 3.8) is 0 Å². The van der Waals surface area contributed by atoms with Gasteiger partial charge in [-0.3, -0.25) is 9.80 Å². The van der Waals surface area contributed by atoms with Gasteiger partial charge in [0, 0.05) is 43.8 Å². The molecular formula is C20H29N3O4S. The fourth-order valence-corrected chi connectivity index (χ4v) is 4.19. The Morgan fingerprint density at radius 3 is 2.79 bits per heavy atom. The predicted molar refractivity (Wildman–Crippen MR) is 110 cm³/mol. The number of ether oxygens (including phenoxy) is 2. The minimum Gasteiger partial charge on any atom is -0.493 e. The highest BCUT2D eigenvalue weighted by Gasteiger charge is 2.16. The number of hydrogen-bond acceptors (Lipinski definition) is 8. The fraction of sp³-hybridized carbons (Fsp3) is 0.550. The Balaban J connectivity index is 1.50. The van der Waals surface area contributed by atoms with E-state index < -0.39 is 6.10 Å². The summed E-state index contributed by atoms with van der Waals surface area (Å²) < 4.78 is 16.5. The molecule has 0 amide bonds. The van der Waals surface area contributed by atoms with Gasteiger partial charge < -0.3 is 19.1 Å². The molecule has 28 heavy (non-hydrogen) atoms. The van der Waals surface area contributed by atoms with Crippen molar-refractivity contribution in [1.82, 2.24) is 15.0 Å². The third kappa shape index (κ3) is 6.41. The monoisotopic (exact) mass is 407 g/mol. The van der Waals surface area contributed by atoms with Crippen LogP contribution in [0, 0.1) is 0 Å². The molecule has 0 radical (unpaired) electrons. The zero-order chi connectivity index (χ0) is 19.8. The van der Waals surface area contributed by atoms with Crippen molar-refractivity contribution >= 4 is 11.8 Å². The molecule has 2 aromatic rings. The fourth-order valence-electron chi connectivity index (χ4n) is 3.21. The zero-order valence-corrected chi connectivity index (χ0v) is 17.4. The van der Waals surface area contributed by atoms with E-state index >= 15 is 0 Å². The summed E-state index contributed by atoms with van der Waals surface area (Å²) >= 11 is 1.96. The van der Waals surface area contributed by atoms with Crippen LogP contribution in [0.1, 0.15) is 11.3 Å². The van der Waals surface area contributed by atoms with Crippen LogP contribution >= 0.6 is 11.8 Å². The Kier molecular flexibility index (Phi) is 8.02. The number of methoxy groups -OCH3 is 1. The van der Waals surface area contributed by atoms with Gasteiger partial charge in [-0.15, -0.1) is 0 Å². The molecule has 1 atom stereocenters. The molecule has 1 fully saturated rings. The van der Waals surface area contributed by atoms with E-state index in [2.05, 4.69) is 15.0 Å². The van der Waals surface area contributed by atoms with Crippen LogP contribution in [-0.2, 0) is 13.1 Å². The summed E-state index contributed by atoms with van der Waals surface area (Å²) in [6.07, 6.45) is 1.14. The molecule has 1 N–H and O–H groups in total. The van der Waals surface area contributed by atoms with E-state index in [1.54, 1.807) is 13.3 Å². The first-order valence-corrected chi connectivity index (χ1v) is 10.7. The van der Waals surface area contributed by atoms with E-state index in [-0.39, 0.29) is 6.61 Å². The molecule has 0 unspecified atom stereocenters. The summed E-state index contributed by atoms with van der Waals surface area (Å²) in [4.78, 5) is 4.42. The molecule has 1 aliphatic rings. The topological polar surface area (TPSA) is 71.2 Å². The number of aliphatic hydroxyl groups is 1. The molecule has 1 aliphatic heterocycles. The molecule has 0 bridgehead atoms. The molecule has 1 saturated heterocycles. The van der Waals surface area contributed by atoms with Crippen LogP contribution in [0.3, 0.4) is 0 Å². The van der Waals surface area contributed by atoms with Crippen molar-refractivity contribution in [2.75, 3.05) is 51.9 Å². The van der Waals surface area contributed by atoms with Gasteiger partial charge in [0.15, 0.2) is 17.3 Å². The van der Waals surface area contributed by atoms with E-state index in [4.69, 9.17) is 14.0 Å². The molecule has 3 rings (SSSR count). The number of aromatic nitrogens is 1. The van der Waals surface area contributed by atoms with Gasteiger partial charge >= 0.3 is 0 Å². The van der Waals surface area contributed by atoms with Gasteiger partial charge in [0.2, 0.25) is 0 Å². The van der Waals surface area contributed by atoms with Crippen LogP contribution < -0.4 is 9.47 Å². The van der Waals surface area contributed by atoms with Crippen molar-refractivity contribution in [2.45, 2.75) is 19.2 Å². The van der Waals surface area contributed by atoms with Crippen molar-refractivity contribution in [3.05, 3.63) is 41.8 Å². The van der Waals surface area contributed by atoms with Crippen LogP contribution in [0.4, 0.5) is 0 Å². The molecule has 0 aliphatic carbocycles. The maximum absolute atomic E-state index is 10.3. The second-order valence-electron chi connectivity index (χ2n) is 7.01. The first-order chi connectivity index (χ1) is 13.6. The van der Waals surface area contributed by atoms with E-state index in [9.17, 15) is 5.11 Å². The summed E-state index contributed by atoms with van der Waals surface area (Å²) in [6.45, 7) is 4.38. The highest BCUT2D eigenvalue weighted by atomic mass is 32.2. The quantitative estimate of drug-likeness (QED) is 0.642. The van der Waals surface area contributed by atoms with E-state index in [0.29, 0.717) is 24.6 Å². The first kappa shape index (κ1) is 21.0.